The van der Waals surface area contributed by atoms with Gasteiger partial charge in [-0.25, -0.2) is 9.78 Å². The minimum atomic E-state index is -0.421. The zero-order chi connectivity index (χ0) is 17.4. The van der Waals surface area contributed by atoms with Gasteiger partial charge < -0.3 is 9.67 Å². The molecule has 0 atom stereocenters. The van der Waals surface area contributed by atoms with E-state index in [2.05, 4.69) is 20.9 Å². The average molecular weight is 393 g/mol. The van der Waals surface area contributed by atoms with Gasteiger partial charge in [-0.3, -0.25) is 13.9 Å². The zero-order valence-electron chi connectivity index (χ0n) is 13.4. The van der Waals surface area contributed by atoms with Crippen molar-refractivity contribution in [3.63, 3.8) is 0 Å². The standard InChI is InChI=1S/C16H17BrN4O3/c1-19-14-13(15(23)20(2)16(19)24)21(12(18-14)6-7-22)9-10-4-3-5-11(17)8-10/h3-5,8,22H,6-7,9H2,1-2H3. The van der Waals surface area contributed by atoms with E-state index in [1.54, 1.807) is 11.6 Å². The number of aliphatic hydroxyl groups is 1. The van der Waals surface area contributed by atoms with Crippen molar-refractivity contribution in [2.45, 2.75) is 13.0 Å². The van der Waals surface area contributed by atoms with Crippen molar-refractivity contribution < 1.29 is 5.11 Å². The number of rotatable bonds is 4. The molecule has 7 nitrogen and oxygen atoms in total. The van der Waals surface area contributed by atoms with Crippen LogP contribution in [0.5, 0.6) is 0 Å². The maximum absolute atomic E-state index is 12.6. The molecule has 24 heavy (non-hydrogen) atoms. The van der Waals surface area contributed by atoms with Gasteiger partial charge in [0.2, 0.25) is 0 Å². The molecule has 0 fully saturated rings. The molecule has 2 heterocycles. The van der Waals surface area contributed by atoms with Gasteiger partial charge in [0.25, 0.3) is 5.56 Å². The van der Waals surface area contributed by atoms with Crippen molar-refractivity contribution >= 4 is 27.1 Å². The van der Waals surface area contributed by atoms with Gasteiger partial charge in [-0.2, -0.15) is 0 Å². The van der Waals surface area contributed by atoms with Gasteiger partial charge in [0.15, 0.2) is 11.2 Å². The number of benzene rings is 1. The number of nitrogens with zero attached hydrogens (tertiary/aromatic N) is 4. The van der Waals surface area contributed by atoms with E-state index in [0.717, 1.165) is 14.6 Å². The maximum Gasteiger partial charge on any atom is 0.332 e. The normalized spacial score (nSPS) is 11.3. The van der Waals surface area contributed by atoms with Crippen molar-refractivity contribution in [3.8, 4) is 0 Å². The molecule has 126 valence electrons. The summed E-state index contributed by atoms with van der Waals surface area (Å²) in [7, 11) is 3.04. The highest BCUT2D eigenvalue weighted by Crippen LogP contribution is 2.17. The molecule has 0 saturated carbocycles. The highest BCUT2D eigenvalue weighted by Gasteiger charge is 2.18. The van der Waals surface area contributed by atoms with E-state index in [4.69, 9.17) is 0 Å². The van der Waals surface area contributed by atoms with Crippen LogP contribution in [0.15, 0.2) is 38.3 Å². The highest BCUT2D eigenvalue weighted by atomic mass is 79.9. The fourth-order valence-corrected chi connectivity index (χ4v) is 3.22. The monoisotopic (exact) mass is 392 g/mol. The second kappa shape index (κ2) is 6.37. The number of aryl methyl sites for hydroxylation is 1. The summed E-state index contributed by atoms with van der Waals surface area (Å²) in [4.78, 5) is 29.1. The summed E-state index contributed by atoms with van der Waals surface area (Å²) in [5.41, 5.74) is 0.873. The molecule has 3 rings (SSSR count). The van der Waals surface area contributed by atoms with Gasteiger partial charge in [0, 0.05) is 31.5 Å². The largest absolute Gasteiger partial charge is 0.396 e. The third-order valence-corrected chi connectivity index (χ3v) is 4.49. The molecule has 1 aromatic carbocycles. The molecule has 0 aliphatic rings. The van der Waals surface area contributed by atoms with E-state index >= 15 is 0 Å². The van der Waals surface area contributed by atoms with E-state index in [0.29, 0.717) is 30.0 Å². The number of fused-ring (bicyclic) bond motifs is 1. The molecule has 0 bridgehead atoms. The van der Waals surface area contributed by atoms with Crippen LogP contribution >= 0.6 is 15.9 Å². The number of imidazole rings is 1. The third kappa shape index (κ3) is 2.71. The van der Waals surface area contributed by atoms with Crippen LogP contribution < -0.4 is 11.2 Å². The van der Waals surface area contributed by atoms with Gasteiger partial charge >= 0.3 is 5.69 Å². The molecule has 0 unspecified atom stereocenters. The molecule has 0 radical (unpaired) electrons. The van der Waals surface area contributed by atoms with Crippen molar-refractivity contribution in [1.82, 2.24) is 18.7 Å². The Labute approximate surface area is 145 Å². The molecule has 0 aliphatic carbocycles. The van der Waals surface area contributed by atoms with E-state index < -0.39 is 5.69 Å². The lowest BCUT2D eigenvalue weighted by molar-refractivity contribution is 0.295. The van der Waals surface area contributed by atoms with E-state index in [-0.39, 0.29) is 12.2 Å². The average Bonchev–Trinajstić information content (AvgIpc) is 2.90. The lowest BCUT2D eigenvalue weighted by Gasteiger charge is -2.09. The van der Waals surface area contributed by atoms with Crippen LogP contribution in [-0.2, 0) is 27.1 Å². The first-order chi connectivity index (χ1) is 11.4. The van der Waals surface area contributed by atoms with Crippen LogP contribution in [0.1, 0.15) is 11.4 Å². The minimum absolute atomic E-state index is 0.0872. The van der Waals surface area contributed by atoms with Gasteiger partial charge in [-0.15, -0.1) is 0 Å². The van der Waals surface area contributed by atoms with Crippen LogP contribution in [0, 0.1) is 0 Å². The predicted molar refractivity (Wildman–Crippen MR) is 94.2 cm³/mol. The molecule has 0 aliphatic heterocycles. The van der Waals surface area contributed by atoms with Crippen molar-refractivity contribution in [1.29, 1.82) is 0 Å². The van der Waals surface area contributed by atoms with Crippen molar-refractivity contribution in [2.24, 2.45) is 14.1 Å². The molecule has 0 saturated heterocycles. The number of hydrogen-bond donors (Lipinski definition) is 1. The van der Waals surface area contributed by atoms with E-state index in [1.165, 1.54) is 11.6 Å². The first-order valence-corrected chi connectivity index (χ1v) is 8.23. The second-order valence-electron chi connectivity index (χ2n) is 5.60. The van der Waals surface area contributed by atoms with E-state index in [1.807, 2.05) is 24.3 Å². The minimum Gasteiger partial charge on any atom is -0.396 e. The van der Waals surface area contributed by atoms with Gasteiger partial charge in [-0.1, -0.05) is 28.1 Å². The van der Waals surface area contributed by atoms with Crippen LogP contribution in [0.3, 0.4) is 0 Å². The Hall–Kier alpha value is -2.19. The highest BCUT2D eigenvalue weighted by molar-refractivity contribution is 9.10. The number of halogens is 1. The number of hydrogen-bond acceptors (Lipinski definition) is 4. The quantitative estimate of drug-likeness (QED) is 0.711. The smallest absolute Gasteiger partial charge is 0.332 e. The molecule has 0 amide bonds. The molecular formula is C16H17BrN4O3. The summed E-state index contributed by atoms with van der Waals surface area (Å²) in [6, 6.07) is 7.75. The first-order valence-electron chi connectivity index (χ1n) is 7.44. The Balaban J connectivity index is 2.30. The van der Waals surface area contributed by atoms with E-state index in [9.17, 15) is 14.7 Å². The Morgan fingerprint density at radius 3 is 2.62 bits per heavy atom. The van der Waals surface area contributed by atoms with Crippen molar-refractivity contribution in [2.75, 3.05) is 6.61 Å². The van der Waals surface area contributed by atoms with Crippen molar-refractivity contribution in [3.05, 3.63) is 61.0 Å². The van der Waals surface area contributed by atoms with Crippen LogP contribution in [0.2, 0.25) is 0 Å². The molecule has 0 spiro atoms. The number of aromatic nitrogens is 4. The lowest BCUT2D eigenvalue weighted by atomic mass is 10.2. The molecule has 2 aromatic heterocycles. The summed E-state index contributed by atoms with van der Waals surface area (Å²) in [5, 5.41) is 9.31. The Bertz CT molecular complexity index is 1030. The zero-order valence-corrected chi connectivity index (χ0v) is 14.9. The molecule has 3 aromatic rings. The first kappa shape index (κ1) is 16.7. The fourth-order valence-electron chi connectivity index (χ4n) is 2.77. The predicted octanol–water partition coefficient (Wildman–Crippen LogP) is 0.779. The third-order valence-electron chi connectivity index (χ3n) is 3.99. The Morgan fingerprint density at radius 2 is 1.96 bits per heavy atom. The topological polar surface area (TPSA) is 82.1 Å². The lowest BCUT2D eigenvalue weighted by Crippen LogP contribution is -2.37. The summed E-state index contributed by atoms with van der Waals surface area (Å²) in [6.45, 7) is 0.342. The van der Waals surface area contributed by atoms with Gasteiger partial charge in [0.05, 0.1) is 6.61 Å². The summed E-state index contributed by atoms with van der Waals surface area (Å²) < 4.78 is 5.14. The molecule has 8 heteroatoms. The Kier molecular flexibility index (Phi) is 4.42. The van der Waals surface area contributed by atoms with Crippen LogP contribution in [-0.4, -0.2) is 30.4 Å². The Morgan fingerprint density at radius 1 is 1.21 bits per heavy atom. The maximum atomic E-state index is 12.6. The van der Waals surface area contributed by atoms with Gasteiger partial charge in [-0.05, 0) is 17.7 Å². The van der Waals surface area contributed by atoms with Crippen LogP contribution in [0.25, 0.3) is 11.2 Å². The second-order valence-corrected chi connectivity index (χ2v) is 6.51. The summed E-state index contributed by atoms with van der Waals surface area (Å²) in [5.74, 6) is 0.575. The van der Waals surface area contributed by atoms with Gasteiger partial charge in [0.1, 0.15) is 5.82 Å². The number of aliphatic hydroxyl groups excluding tert-OH is 1. The fraction of sp³-hybridized carbons (Fsp3) is 0.312. The SMILES string of the molecule is Cn1c(=O)c2c(nc(CCO)n2Cc2cccc(Br)c2)n(C)c1=O. The molecular weight excluding hydrogens is 376 g/mol. The summed E-state index contributed by atoms with van der Waals surface area (Å²) >= 11 is 3.44. The summed E-state index contributed by atoms with van der Waals surface area (Å²) in [6.07, 6.45) is 0.306. The molecule has 1 N–H and O–H groups in total. The van der Waals surface area contributed by atoms with Crippen LogP contribution in [0.4, 0.5) is 0 Å².